The quantitative estimate of drug-likeness (QED) is 0.141. The van der Waals surface area contributed by atoms with Crippen LogP contribution in [0.25, 0.3) is 168 Å². The maximum Gasteiger partial charge on any atom is 0.164 e. The molecule has 0 saturated heterocycles. The first kappa shape index (κ1) is 91.6. The summed E-state index contributed by atoms with van der Waals surface area (Å²) < 4.78 is 6.26. The lowest BCUT2D eigenvalue weighted by Gasteiger charge is -2.49. The Hall–Kier alpha value is -15.6. The number of rotatable bonds is 9. The van der Waals surface area contributed by atoms with Gasteiger partial charge in [0.05, 0.1) is 0 Å². The standard InChI is InChI=1S/C48H39N3O.C48H45N.C42H37N3/c1-46(2)37-27-29(23-24-30(37)31-25-26-36-41(42(31)46)32-17-10-12-20-35(32)47(3,4)48(36,5)6)44-49-43(28-15-8-7-9-16-28)50-45(51-44)34-19-14-22-39-40(34)33-18-11-13-21-38(33)52-39;1-45(2)37-20-14-12-18-33(37)34-24-22-31(28-41(34)45)49(30-16-10-9-11-17-30)32-23-25-36-42(29-32)46(3,4)39-26-27-40-44(43(36)39)35-19-13-15-21-38(35)47(5,6)48(40,7)8;1-40(2)34-23-28(39-44-37(26-15-9-7-10-16-26)43-38(45-39)27-17-11-8-12-18-27)21-22-30(34)31-25-36-32(24-35(31)40)29-19-13-14-20-33(29)41(3,4)42(36,5)6/h7-27H,1-6H3;9-29H,1-8H3;7-25H,1-6H3. The summed E-state index contributed by atoms with van der Waals surface area (Å²) in [6.45, 7) is 48.0. The lowest BCUT2D eigenvalue weighted by Crippen LogP contribution is -2.44. The summed E-state index contributed by atoms with van der Waals surface area (Å²) in [4.78, 5) is 32.9. The number of hydrogen-bond donors (Lipinski definition) is 0. The van der Waals surface area contributed by atoms with Crippen LogP contribution in [0.3, 0.4) is 0 Å². The molecule has 146 heavy (non-hydrogen) atoms. The predicted molar refractivity (Wildman–Crippen MR) is 605 cm³/mol. The number of benzene rings is 17. The lowest BCUT2D eigenvalue weighted by atomic mass is 9.54. The number of furan rings is 1. The Balaban J connectivity index is 0.000000115. The van der Waals surface area contributed by atoms with Gasteiger partial charge in [-0.15, -0.1) is 0 Å². The lowest BCUT2D eigenvalue weighted by molar-refractivity contribution is 0.298. The normalized spacial score (nSPS) is 16.6. The number of para-hydroxylation sites is 2. The van der Waals surface area contributed by atoms with Gasteiger partial charge >= 0.3 is 0 Å². The molecule has 17 aromatic carbocycles. The molecule has 8 nitrogen and oxygen atoms in total. The van der Waals surface area contributed by atoms with Crippen LogP contribution in [0.15, 0.2) is 374 Å². The monoisotopic (exact) mass is 1890 g/mol. The summed E-state index contributed by atoms with van der Waals surface area (Å²) >= 11 is 0. The van der Waals surface area contributed by atoms with E-state index in [4.69, 9.17) is 34.3 Å². The van der Waals surface area contributed by atoms with Crippen molar-refractivity contribution < 1.29 is 4.42 Å². The zero-order valence-corrected chi connectivity index (χ0v) is 87.3. The Morgan fingerprint density at radius 2 is 0.493 bits per heavy atom. The van der Waals surface area contributed by atoms with Crippen LogP contribution in [0.2, 0.25) is 0 Å². The number of aromatic nitrogens is 6. The molecule has 8 heteroatoms. The number of fused-ring (bicyclic) bond motifs is 26. The molecule has 3 aromatic heterocycles. The van der Waals surface area contributed by atoms with E-state index in [1.165, 1.54) is 173 Å². The average molecular weight is 1890 g/mol. The van der Waals surface area contributed by atoms with Crippen LogP contribution < -0.4 is 4.90 Å². The molecule has 0 radical (unpaired) electrons. The van der Waals surface area contributed by atoms with Crippen molar-refractivity contribution in [2.24, 2.45) is 0 Å². The first-order chi connectivity index (χ1) is 70.0. The van der Waals surface area contributed by atoms with E-state index in [-0.39, 0.29) is 54.1 Å². The summed E-state index contributed by atoms with van der Waals surface area (Å²) in [6.07, 6.45) is 0. The third-order valence-electron chi connectivity index (χ3n) is 36.4. The van der Waals surface area contributed by atoms with Crippen molar-refractivity contribution in [3.05, 3.63) is 448 Å². The van der Waals surface area contributed by atoms with Crippen molar-refractivity contribution in [3.8, 4) is 146 Å². The molecule has 7 aliphatic carbocycles. The molecule has 0 atom stereocenters. The molecule has 0 saturated carbocycles. The van der Waals surface area contributed by atoms with Crippen LogP contribution in [0, 0.1) is 0 Å². The maximum atomic E-state index is 6.26. The molecule has 0 bridgehead atoms. The molecule has 0 amide bonds. The van der Waals surface area contributed by atoms with Crippen molar-refractivity contribution >= 4 is 39.0 Å². The van der Waals surface area contributed by atoms with E-state index in [1.807, 2.05) is 84.9 Å². The Morgan fingerprint density at radius 3 is 1.05 bits per heavy atom. The summed E-state index contributed by atoms with van der Waals surface area (Å²) in [5, 5.41) is 2.06. The zero-order chi connectivity index (χ0) is 101. The molecular weight excluding hydrogens is 1770 g/mol. The van der Waals surface area contributed by atoms with E-state index in [0.29, 0.717) is 34.9 Å². The van der Waals surface area contributed by atoms with E-state index in [1.54, 1.807) is 0 Å². The minimum Gasteiger partial charge on any atom is -0.456 e. The Kier molecular flexibility index (Phi) is 20.3. The van der Waals surface area contributed by atoms with Gasteiger partial charge in [0.2, 0.25) is 0 Å². The second-order valence-corrected chi connectivity index (χ2v) is 46.8. The first-order valence-electron chi connectivity index (χ1n) is 52.0. The van der Waals surface area contributed by atoms with Gasteiger partial charge in [-0.3, -0.25) is 0 Å². The van der Waals surface area contributed by atoms with E-state index < -0.39 is 0 Å². The van der Waals surface area contributed by atoms with Gasteiger partial charge in [-0.05, 0) is 261 Å². The van der Waals surface area contributed by atoms with Crippen molar-refractivity contribution in [1.82, 2.24) is 29.9 Å². The molecule has 0 N–H and O–H groups in total. The zero-order valence-electron chi connectivity index (χ0n) is 87.3. The minimum atomic E-state index is -0.254. The van der Waals surface area contributed by atoms with E-state index in [2.05, 4.69) is 428 Å². The molecule has 0 fully saturated rings. The molecule has 0 aliphatic heterocycles. The van der Waals surface area contributed by atoms with Crippen LogP contribution in [-0.4, -0.2) is 29.9 Å². The van der Waals surface area contributed by atoms with Crippen molar-refractivity contribution in [2.75, 3.05) is 4.90 Å². The van der Waals surface area contributed by atoms with Crippen LogP contribution >= 0.6 is 0 Å². The molecule has 27 rings (SSSR count). The van der Waals surface area contributed by atoms with Crippen LogP contribution in [0.4, 0.5) is 17.1 Å². The number of anilines is 3. The van der Waals surface area contributed by atoms with Gasteiger partial charge in [0.1, 0.15) is 11.2 Å². The van der Waals surface area contributed by atoms with Gasteiger partial charge in [0, 0.05) is 82.9 Å². The number of nitrogens with zero attached hydrogens (tertiary/aromatic N) is 7. The van der Waals surface area contributed by atoms with E-state index in [9.17, 15) is 0 Å². The highest BCUT2D eigenvalue weighted by Crippen LogP contribution is 2.66. The topological polar surface area (TPSA) is 93.7 Å². The molecule has 7 aliphatic rings. The third kappa shape index (κ3) is 13.4. The predicted octanol–water partition coefficient (Wildman–Crippen LogP) is 35.7. The smallest absolute Gasteiger partial charge is 0.164 e. The van der Waals surface area contributed by atoms with Crippen LogP contribution in [0.1, 0.15) is 216 Å². The highest BCUT2D eigenvalue weighted by molar-refractivity contribution is 6.12. The van der Waals surface area contributed by atoms with Crippen molar-refractivity contribution in [1.29, 1.82) is 0 Å². The Morgan fingerprint density at radius 1 is 0.178 bits per heavy atom. The fourth-order valence-electron chi connectivity index (χ4n) is 26.1. The molecule has 0 unspecified atom stereocenters. The molecule has 0 spiro atoms. The summed E-state index contributed by atoms with van der Waals surface area (Å²) in [5.74, 6) is 3.97. The highest BCUT2D eigenvalue weighted by Gasteiger charge is 2.54. The van der Waals surface area contributed by atoms with E-state index >= 15 is 0 Å². The average Bonchev–Trinajstić information content (AvgIpc) is 1.39. The SMILES string of the molecule is CC1(C)c2cc(-c3nc(-c4ccccc4)nc(-c4cccc5oc6ccccc6c45)n3)ccc2-c2ccc3c(c21)-c1ccccc1C(C)(C)C3(C)C.CC1(C)c2cc(-c3nc(-c4ccccc4)nc(-c4ccccc4)n3)ccc2-c2cc3c(cc21)-c1ccccc1C(C)(C)C3(C)C.CC1(C)c2ccccc2-c2ccc(N(c3ccccc3)c3ccc4c(c3)C(C)(C)c3ccc5c(c3-4)-c3ccccc3C(C)(C)C5(C)C)cc21. The fourth-order valence-corrected chi connectivity index (χ4v) is 26.1. The van der Waals surface area contributed by atoms with Gasteiger partial charge in [-0.1, -0.05) is 436 Å². The molecular formula is C138H121N7O. The molecule has 20 aromatic rings. The summed E-state index contributed by atoms with van der Waals surface area (Å²) in [5.41, 5.74) is 48.8. The van der Waals surface area contributed by atoms with Crippen molar-refractivity contribution in [3.63, 3.8) is 0 Å². The highest BCUT2D eigenvalue weighted by atomic mass is 16.3. The fraction of sp³-hybridized carbons (Fsp3) is 0.217. The second kappa shape index (κ2) is 32.4. The largest absolute Gasteiger partial charge is 0.456 e. The van der Waals surface area contributed by atoms with Crippen LogP contribution in [-0.2, 0) is 54.1 Å². The van der Waals surface area contributed by atoms with Crippen LogP contribution in [0.5, 0.6) is 0 Å². The van der Waals surface area contributed by atoms with Gasteiger partial charge in [-0.2, -0.15) is 0 Å². The summed E-state index contributed by atoms with van der Waals surface area (Å²) in [7, 11) is 0. The maximum absolute atomic E-state index is 6.26. The molecule has 714 valence electrons. The first-order valence-corrected chi connectivity index (χ1v) is 52.0. The van der Waals surface area contributed by atoms with Gasteiger partial charge in [-0.25, -0.2) is 29.9 Å². The van der Waals surface area contributed by atoms with Gasteiger partial charge in [0.15, 0.2) is 34.9 Å². The Labute approximate surface area is 859 Å². The Bertz CT molecular complexity index is 8790. The minimum absolute atomic E-state index is 0.00273. The van der Waals surface area contributed by atoms with Gasteiger partial charge < -0.3 is 9.32 Å². The third-order valence-corrected chi connectivity index (χ3v) is 36.4. The van der Waals surface area contributed by atoms with E-state index in [0.717, 1.165) is 55.3 Å². The van der Waals surface area contributed by atoms with Crippen molar-refractivity contribution in [2.45, 2.75) is 193 Å². The summed E-state index contributed by atoms with van der Waals surface area (Å²) in [6, 6.07) is 134. The van der Waals surface area contributed by atoms with Gasteiger partial charge in [0.25, 0.3) is 0 Å². The second-order valence-electron chi connectivity index (χ2n) is 46.8. The number of hydrogen-bond acceptors (Lipinski definition) is 8. The molecule has 3 heterocycles.